The summed E-state index contributed by atoms with van der Waals surface area (Å²) < 4.78 is 0. The molecule has 1 aliphatic carbocycles. The van der Waals surface area contributed by atoms with Gasteiger partial charge in [-0.05, 0) is 44.4 Å². The van der Waals surface area contributed by atoms with Crippen molar-refractivity contribution in [2.75, 3.05) is 32.0 Å². The van der Waals surface area contributed by atoms with Crippen LogP contribution in [-0.2, 0) is 9.59 Å². The monoisotopic (exact) mass is 289 g/mol. The van der Waals surface area contributed by atoms with E-state index in [0.717, 1.165) is 23.7 Å². The van der Waals surface area contributed by atoms with E-state index in [4.69, 9.17) is 0 Å². The molecule has 1 saturated carbocycles. The second-order valence-corrected chi connectivity index (χ2v) is 5.74. The van der Waals surface area contributed by atoms with E-state index in [1.165, 1.54) is 17.7 Å². The van der Waals surface area contributed by atoms with Crippen molar-refractivity contribution in [3.63, 3.8) is 0 Å². The van der Waals surface area contributed by atoms with Gasteiger partial charge in [0.1, 0.15) is 0 Å². The molecule has 21 heavy (non-hydrogen) atoms. The second kappa shape index (κ2) is 7.22. The van der Waals surface area contributed by atoms with Crippen LogP contribution >= 0.6 is 0 Å². The minimum Gasteiger partial charge on any atom is -0.335 e. The third kappa shape index (κ3) is 5.55. The van der Waals surface area contributed by atoms with E-state index >= 15 is 0 Å². The number of benzene rings is 1. The van der Waals surface area contributed by atoms with Gasteiger partial charge in [0.15, 0.2) is 0 Å². The molecule has 0 aliphatic heterocycles. The largest absolute Gasteiger partial charge is 0.335 e. The van der Waals surface area contributed by atoms with Crippen molar-refractivity contribution in [2.45, 2.75) is 19.8 Å². The Labute approximate surface area is 125 Å². The maximum absolute atomic E-state index is 11.9. The lowest BCUT2D eigenvalue weighted by atomic mass is 10.2. The number of anilines is 1. The number of nitrogens with one attached hydrogen (secondary N) is 2. The van der Waals surface area contributed by atoms with Crippen molar-refractivity contribution >= 4 is 17.5 Å². The van der Waals surface area contributed by atoms with Crippen LogP contribution < -0.4 is 10.6 Å². The third-order valence-electron chi connectivity index (χ3n) is 3.55. The molecule has 1 fully saturated rings. The highest BCUT2D eigenvalue weighted by atomic mass is 16.2. The average molecular weight is 289 g/mol. The Balaban J connectivity index is 1.70. The summed E-state index contributed by atoms with van der Waals surface area (Å²) in [5.74, 6) is 0.500. The fourth-order valence-electron chi connectivity index (χ4n) is 1.98. The molecule has 2 amide bonds. The van der Waals surface area contributed by atoms with Crippen molar-refractivity contribution in [3.8, 4) is 0 Å². The van der Waals surface area contributed by atoms with Gasteiger partial charge in [-0.15, -0.1) is 0 Å². The Kier molecular flexibility index (Phi) is 5.33. The van der Waals surface area contributed by atoms with Crippen LogP contribution in [0.4, 0.5) is 5.69 Å². The van der Waals surface area contributed by atoms with Crippen LogP contribution in [0.2, 0.25) is 0 Å². The van der Waals surface area contributed by atoms with Crippen LogP contribution in [0.1, 0.15) is 18.4 Å². The molecular formula is C16H23N3O2. The molecule has 1 aromatic carbocycles. The zero-order valence-electron chi connectivity index (χ0n) is 12.7. The molecule has 0 aromatic heterocycles. The van der Waals surface area contributed by atoms with Gasteiger partial charge in [-0.25, -0.2) is 0 Å². The van der Waals surface area contributed by atoms with Gasteiger partial charge in [-0.1, -0.05) is 17.7 Å². The van der Waals surface area contributed by atoms with Crippen LogP contribution in [0.3, 0.4) is 0 Å². The molecule has 0 radical (unpaired) electrons. The SMILES string of the molecule is Cc1ccc(NC(=O)CN(C)C(=O)CNCC2CC2)cc1. The zero-order chi connectivity index (χ0) is 15.2. The molecule has 0 heterocycles. The first-order valence-electron chi connectivity index (χ1n) is 7.36. The van der Waals surface area contributed by atoms with Crippen LogP contribution in [0, 0.1) is 12.8 Å². The average Bonchev–Trinajstić information content (AvgIpc) is 3.25. The van der Waals surface area contributed by atoms with Gasteiger partial charge in [-0.3, -0.25) is 9.59 Å². The maximum atomic E-state index is 11.9. The minimum atomic E-state index is -0.183. The number of carbonyl (C=O) groups is 2. The van der Waals surface area contributed by atoms with Crippen LogP contribution in [-0.4, -0.2) is 43.4 Å². The highest BCUT2D eigenvalue weighted by Crippen LogP contribution is 2.27. The fourth-order valence-corrected chi connectivity index (χ4v) is 1.98. The van der Waals surface area contributed by atoms with Crippen molar-refractivity contribution in [1.29, 1.82) is 0 Å². The first-order chi connectivity index (χ1) is 10.0. The van der Waals surface area contributed by atoms with E-state index in [2.05, 4.69) is 10.6 Å². The lowest BCUT2D eigenvalue weighted by molar-refractivity contribution is -0.132. The summed E-state index contributed by atoms with van der Waals surface area (Å²) in [5.41, 5.74) is 1.89. The predicted molar refractivity (Wildman–Crippen MR) is 83.0 cm³/mol. The normalized spacial score (nSPS) is 13.8. The van der Waals surface area contributed by atoms with Gasteiger partial charge in [0, 0.05) is 12.7 Å². The lowest BCUT2D eigenvalue weighted by Crippen LogP contribution is -2.40. The first-order valence-corrected chi connectivity index (χ1v) is 7.36. The van der Waals surface area contributed by atoms with Crippen LogP contribution in [0.5, 0.6) is 0 Å². The van der Waals surface area contributed by atoms with Gasteiger partial charge >= 0.3 is 0 Å². The predicted octanol–water partition coefficient (Wildman–Crippen LogP) is 1.39. The first kappa shape index (κ1) is 15.5. The number of nitrogens with zero attached hydrogens (tertiary/aromatic N) is 1. The van der Waals surface area contributed by atoms with Gasteiger partial charge < -0.3 is 15.5 Å². The molecular weight excluding hydrogens is 266 g/mol. The van der Waals surface area contributed by atoms with Crippen molar-refractivity contribution < 1.29 is 9.59 Å². The van der Waals surface area contributed by atoms with E-state index in [-0.39, 0.29) is 18.4 Å². The topological polar surface area (TPSA) is 61.4 Å². The molecule has 5 heteroatoms. The molecule has 1 aromatic rings. The Morgan fingerprint density at radius 1 is 1.24 bits per heavy atom. The number of hydrogen-bond acceptors (Lipinski definition) is 3. The smallest absolute Gasteiger partial charge is 0.243 e. The van der Waals surface area contributed by atoms with E-state index in [9.17, 15) is 9.59 Å². The summed E-state index contributed by atoms with van der Waals surface area (Å²) in [6.07, 6.45) is 2.52. The molecule has 5 nitrogen and oxygen atoms in total. The number of aryl methyl sites for hydroxylation is 1. The van der Waals surface area contributed by atoms with Gasteiger partial charge in [-0.2, -0.15) is 0 Å². The molecule has 2 N–H and O–H groups in total. The Bertz CT molecular complexity index is 495. The molecule has 1 aliphatic rings. The van der Waals surface area contributed by atoms with E-state index in [1.807, 2.05) is 31.2 Å². The standard InChI is InChI=1S/C16H23N3O2/c1-12-3-7-14(8-4-12)18-15(20)11-19(2)16(21)10-17-9-13-5-6-13/h3-4,7-8,13,17H,5-6,9-11H2,1-2H3,(H,18,20). The summed E-state index contributed by atoms with van der Waals surface area (Å²) in [4.78, 5) is 25.2. The number of amides is 2. The van der Waals surface area contributed by atoms with Gasteiger partial charge in [0.05, 0.1) is 13.1 Å². The van der Waals surface area contributed by atoms with Gasteiger partial charge in [0.25, 0.3) is 0 Å². The second-order valence-electron chi connectivity index (χ2n) is 5.74. The molecule has 0 spiro atoms. The lowest BCUT2D eigenvalue weighted by Gasteiger charge is -2.17. The third-order valence-corrected chi connectivity index (χ3v) is 3.55. The van der Waals surface area contributed by atoms with E-state index < -0.39 is 0 Å². The Morgan fingerprint density at radius 3 is 2.52 bits per heavy atom. The summed E-state index contributed by atoms with van der Waals surface area (Å²) in [6.45, 7) is 3.25. The fraction of sp³-hybridized carbons (Fsp3) is 0.500. The molecule has 0 atom stereocenters. The molecule has 0 unspecified atom stereocenters. The van der Waals surface area contributed by atoms with Crippen LogP contribution in [0.15, 0.2) is 24.3 Å². The quantitative estimate of drug-likeness (QED) is 0.797. The van der Waals surface area contributed by atoms with Gasteiger partial charge in [0.2, 0.25) is 11.8 Å². The summed E-state index contributed by atoms with van der Waals surface area (Å²) in [6, 6.07) is 7.58. The minimum absolute atomic E-state index is 0.0605. The van der Waals surface area contributed by atoms with E-state index in [1.54, 1.807) is 7.05 Å². The van der Waals surface area contributed by atoms with Crippen LogP contribution in [0.25, 0.3) is 0 Å². The van der Waals surface area contributed by atoms with Crippen molar-refractivity contribution in [2.24, 2.45) is 5.92 Å². The highest BCUT2D eigenvalue weighted by Gasteiger charge is 2.21. The number of hydrogen-bond donors (Lipinski definition) is 2. The number of rotatable bonds is 7. The Morgan fingerprint density at radius 2 is 1.90 bits per heavy atom. The maximum Gasteiger partial charge on any atom is 0.243 e. The molecule has 0 bridgehead atoms. The number of carbonyl (C=O) groups excluding carboxylic acids is 2. The highest BCUT2D eigenvalue weighted by molar-refractivity contribution is 5.94. The molecule has 2 rings (SSSR count). The van der Waals surface area contributed by atoms with Crippen molar-refractivity contribution in [1.82, 2.24) is 10.2 Å². The summed E-state index contributed by atoms with van der Waals surface area (Å²) in [7, 11) is 1.65. The zero-order valence-corrected chi connectivity index (χ0v) is 12.7. The Hall–Kier alpha value is -1.88. The molecule has 0 saturated heterocycles. The molecule has 114 valence electrons. The summed E-state index contributed by atoms with van der Waals surface area (Å²) >= 11 is 0. The number of likely N-dealkylation sites (N-methyl/N-ethyl adjacent to an activating group) is 1. The van der Waals surface area contributed by atoms with E-state index in [0.29, 0.717) is 6.54 Å². The summed E-state index contributed by atoms with van der Waals surface area (Å²) in [5, 5.41) is 5.92. The van der Waals surface area contributed by atoms with Crippen molar-refractivity contribution in [3.05, 3.63) is 29.8 Å².